The molecule has 0 aromatic heterocycles. The van der Waals surface area contributed by atoms with Crippen molar-refractivity contribution in [3.63, 3.8) is 0 Å². The van der Waals surface area contributed by atoms with Crippen LogP contribution >= 0.6 is 0 Å². The Morgan fingerprint density at radius 2 is 1.86 bits per heavy atom. The molecule has 8 heteroatoms. The van der Waals surface area contributed by atoms with E-state index in [9.17, 15) is 13.2 Å². The van der Waals surface area contributed by atoms with E-state index in [1.165, 1.54) is 4.31 Å². The Hall–Kier alpha value is -3.52. The maximum absolute atomic E-state index is 13.6. The van der Waals surface area contributed by atoms with E-state index < -0.39 is 16.1 Å². The van der Waals surface area contributed by atoms with E-state index in [2.05, 4.69) is 5.32 Å². The molecule has 1 aliphatic heterocycles. The lowest BCUT2D eigenvalue weighted by molar-refractivity contribution is -0.128. The van der Waals surface area contributed by atoms with Crippen LogP contribution in [0, 0.1) is 13.8 Å². The number of carbonyl (C=O) groups is 1. The molecule has 2 atom stereocenters. The minimum Gasteiger partial charge on any atom is -0.496 e. The molecule has 7 nitrogen and oxygen atoms in total. The molecule has 4 rings (SSSR count). The van der Waals surface area contributed by atoms with Crippen molar-refractivity contribution in [2.45, 2.75) is 44.2 Å². The van der Waals surface area contributed by atoms with Gasteiger partial charge in [0.05, 0.1) is 30.3 Å². The van der Waals surface area contributed by atoms with Gasteiger partial charge in [-0.05, 0) is 67.3 Å². The maximum atomic E-state index is 13.6. The summed E-state index contributed by atoms with van der Waals surface area (Å²) in [5.74, 6) is 0.763. The summed E-state index contributed by atoms with van der Waals surface area (Å²) in [6, 6.07) is 19.1. The third kappa shape index (κ3) is 4.98. The molecule has 0 unspecified atom stereocenters. The topological polar surface area (TPSA) is 84.9 Å². The van der Waals surface area contributed by atoms with Crippen molar-refractivity contribution in [2.24, 2.45) is 0 Å². The molecule has 1 aliphatic rings. The predicted molar refractivity (Wildman–Crippen MR) is 135 cm³/mol. The zero-order valence-electron chi connectivity index (χ0n) is 20.3. The molecular formula is C27H30N2O5S. The molecule has 0 radical (unpaired) electrons. The minimum absolute atomic E-state index is 0.127. The Balaban J connectivity index is 1.63. The van der Waals surface area contributed by atoms with Crippen molar-refractivity contribution in [3.8, 4) is 11.5 Å². The first-order valence-electron chi connectivity index (χ1n) is 11.5. The Bertz CT molecular complexity index is 1320. The Morgan fingerprint density at radius 3 is 2.51 bits per heavy atom. The zero-order valence-corrected chi connectivity index (χ0v) is 21.1. The van der Waals surface area contributed by atoms with Gasteiger partial charge in [-0.1, -0.05) is 43.3 Å². The third-order valence-corrected chi connectivity index (χ3v) is 7.95. The number of rotatable bonds is 7. The summed E-state index contributed by atoms with van der Waals surface area (Å²) in [7, 11) is -2.28. The van der Waals surface area contributed by atoms with Gasteiger partial charge in [-0.15, -0.1) is 0 Å². The number of aryl methyl sites for hydroxylation is 2. The van der Waals surface area contributed by atoms with Crippen LogP contribution in [0.2, 0.25) is 0 Å². The summed E-state index contributed by atoms with van der Waals surface area (Å²) in [4.78, 5) is 13.5. The molecule has 184 valence electrons. The van der Waals surface area contributed by atoms with Gasteiger partial charge in [0, 0.05) is 0 Å². The van der Waals surface area contributed by atoms with Gasteiger partial charge in [-0.2, -0.15) is 0 Å². The van der Waals surface area contributed by atoms with Gasteiger partial charge in [0.2, 0.25) is 0 Å². The highest BCUT2D eigenvalue weighted by Crippen LogP contribution is 2.38. The number of sulfonamides is 1. The second kappa shape index (κ2) is 10.00. The average Bonchev–Trinajstić information content (AvgIpc) is 2.86. The van der Waals surface area contributed by atoms with E-state index in [1.54, 1.807) is 49.6 Å². The lowest BCUT2D eigenvalue weighted by Crippen LogP contribution is -2.51. The molecule has 3 aromatic rings. The number of carbonyl (C=O) groups excluding carboxylic acids is 1. The molecule has 1 amide bonds. The highest BCUT2D eigenvalue weighted by atomic mass is 32.2. The van der Waals surface area contributed by atoms with Crippen molar-refractivity contribution in [1.82, 2.24) is 5.32 Å². The van der Waals surface area contributed by atoms with E-state index >= 15 is 0 Å². The number of hydrogen-bond acceptors (Lipinski definition) is 5. The van der Waals surface area contributed by atoms with Crippen molar-refractivity contribution in [1.29, 1.82) is 0 Å². The zero-order chi connectivity index (χ0) is 25.2. The van der Waals surface area contributed by atoms with Gasteiger partial charge in [-0.25, -0.2) is 8.42 Å². The summed E-state index contributed by atoms with van der Waals surface area (Å²) >= 11 is 0. The van der Waals surface area contributed by atoms with Crippen LogP contribution in [0.3, 0.4) is 0 Å². The first-order chi connectivity index (χ1) is 16.7. The van der Waals surface area contributed by atoms with Crippen molar-refractivity contribution >= 4 is 21.6 Å². The maximum Gasteiger partial charge on any atom is 0.264 e. The van der Waals surface area contributed by atoms with E-state index in [-0.39, 0.29) is 23.4 Å². The monoisotopic (exact) mass is 494 g/mol. The first-order valence-corrected chi connectivity index (χ1v) is 13.0. The van der Waals surface area contributed by atoms with E-state index in [1.807, 2.05) is 45.0 Å². The van der Waals surface area contributed by atoms with Gasteiger partial charge in [0.25, 0.3) is 15.9 Å². The third-order valence-electron chi connectivity index (χ3n) is 6.15. The van der Waals surface area contributed by atoms with Crippen LogP contribution in [-0.4, -0.2) is 34.1 Å². The molecule has 0 aliphatic carbocycles. The first kappa shape index (κ1) is 24.6. The molecule has 0 fully saturated rings. The average molecular weight is 495 g/mol. The van der Waals surface area contributed by atoms with E-state index in [0.29, 0.717) is 17.9 Å². The largest absolute Gasteiger partial charge is 0.496 e. The number of hydrogen-bond donors (Lipinski definition) is 1. The molecular weight excluding hydrogens is 464 g/mol. The molecule has 0 bridgehead atoms. The van der Waals surface area contributed by atoms with Crippen molar-refractivity contribution in [2.75, 3.05) is 18.0 Å². The fourth-order valence-electron chi connectivity index (χ4n) is 4.25. The molecule has 35 heavy (non-hydrogen) atoms. The van der Waals surface area contributed by atoms with E-state index in [0.717, 1.165) is 22.4 Å². The SMILES string of the molecule is CC[C@H](NC(=O)[C@H]1CN(S(=O)(=O)c2ccccc2)c2cc(C)ccc2O1)c1ccc(OC)c(C)c1. The fraction of sp³-hybridized carbons (Fsp3) is 0.296. The number of amides is 1. The summed E-state index contributed by atoms with van der Waals surface area (Å²) in [5.41, 5.74) is 3.23. The minimum atomic E-state index is -3.90. The van der Waals surface area contributed by atoms with Crippen molar-refractivity contribution < 1.29 is 22.7 Å². The van der Waals surface area contributed by atoms with Crippen molar-refractivity contribution in [3.05, 3.63) is 83.4 Å². The van der Waals surface area contributed by atoms with Crippen LogP contribution in [0.25, 0.3) is 0 Å². The highest BCUT2D eigenvalue weighted by Gasteiger charge is 2.38. The number of nitrogens with zero attached hydrogens (tertiary/aromatic N) is 1. The lowest BCUT2D eigenvalue weighted by atomic mass is 10.0. The van der Waals surface area contributed by atoms with Crippen LogP contribution in [0.15, 0.2) is 71.6 Å². The molecule has 0 spiro atoms. The van der Waals surface area contributed by atoms with Crippen LogP contribution < -0.4 is 19.1 Å². The number of nitrogens with one attached hydrogen (secondary N) is 1. The quantitative estimate of drug-likeness (QED) is 0.521. The van der Waals surface area contributed by atoms with Gasteiger partial charge < -0.3 is 14.8 Å². The number of fused-ring (bicyclic) bond motifs is 1. The molecule has 3 aromatic carbocycles. The highest BCUT2D eigenvalue weighted by molar-refractivity contribution is 7.92. The number of methoxy groups -OCH3 is 1. The molecule has 1 heterocycles. The summed E-state index contributed by atoms with van der Waals surface area (Å²) in [5, 5.41) is 3.05. The van der Waals surface area contributed by atoms with E-state index in [4.69, 9.17) is 9.47 Å². The molecule has 1 N–H and O–H groups in total. The second-order valence-electron chi connectivity index (χ2n) is 8.63. The Morgan fingerprint density at radius 1 is 1.11 bits per heavy atom. The van der Waals surface area contributed by atoms with Gasteiger partial charge in [0.15, 0.2) is 6.10 Å². The number of anilines is 1. The van der Waals surface area contributed by atoms with Gasteiger partial charge in [-0.3, -0.25) is 9.10 Å². The number of ether oxygens (including phenoxy) is 2. The van der Waals surface area contributed by atoms with Crippen LogP contribution in [-0.2, 0) is 14.8 Å². The normalized spacial score (nSPS) is 16.1. The number of benzene rings is 3. The summed E-state index contributed by atoms with van der Waals surface area (Å²) < 4.78 is 39.7. The van der Waals surface area contributed by atoms with Crippen LogP contribution in [0.5, 0.6) is 11.5 Å². The van der Waals surface area contributed by atoms with Gasteiger partial charge >= 0.3 is 0 Å². The Labute approximate surface area is 206 Å². The van der Waals surface area contributed by atoms with Crippen LogP contribution in [0.1, 0.15) is 36.1 Å². The van der Waals surface area contributed by atoms with Gasteiger partial charge in [0.1, 0.15) is 11.5 Å². The van der Waals surface area contributed by atoms with Crippen LogP contribution in [0.4, 0.5) is 5.69 Å². The fourth-order valence-corrected chi connectivity index (χ4v) is 5.74. The summed E-state index contributed by atoms with van der Waals surface area (Å²) in [6.45, 7) is 5.69. The molecule has 0 saturated heterocycles. The molecule has 0 saturated carbocycles. The predicted octanol–water partition coefficient (Wildman–Crippen LogP) is 4.54. The second-order valence-corrected chi connectivity index (χ2v) is 10.5. The summed E-state index contributed by atoms with van der Waals surface area (Å²) in [6.07, 6.45) is -0.344. The Kier molecular flexibility index (Phi) is 7.03. The lowest BCUT2D eigenvalue weighted by Gasteiger charge is -2.35. The smallest absolute Gasteiger partial charge is 0.264 e. The standard InChI is InChI=1S/C27H30N2O5S/c1-5-22(20-12-14-24(33-4)19(3)16-20)28-27(30)26-17-29(23-15-18(2)11-13-25(23)34-26)35(31,32)21-9-7-6-8-10-21/h6-16,22,26H,5,17H2,1-4H3,(H,28,30)/t22-,26+/m0/s1.